The molecule has 0 fully saturated rings. The molecule has 115 valence electrons. The van der Waals surface area contributed by atoms with Gasteiger partial charge in [0, 0.05) is 6.92 Å². The summed E-state index contributed by atoms with van der Waals surface area (Å²) in [6.45, 7) is 8.27. The van der Waals surface area contributed by atoms with E-state index in [0.717, 1.165) is 0 Å². The fraction of sp³-hybridized carbons (Fsp3) is 0.933. The van der Waals surface area contributed by atoms with Crippen molar-refractivity contribution in [3.8, 4) is 0 Å². The maximum Gasteiger partial charge on any atom is 0.339 e. The van der Waals surface area contributed by atoms with E-state index in [9.17, 15) is 4.79 Å². The molecule has 0 heterocycles. The van der Waals surface area contributed by atoms with Gasteiger partial charge in [-0.1, -0.05) is 0 Å². The van der Waals surface area contributed by atoms with Crippen LogP contribution < -0.4 is 0 Å². The van der Waals surface area contributed by atoms with Gasteiger partial charge >= 0.3 is 98.3 Å². The van der Waals surface area contributed by atoms with Gasteiger partial charge in [0.05, 0.1) is 7.11 Å². The number of rotatable bonds is 10. The standard InChI is InChI=1S/3C4H9.C3H6O3.Sn/c3*1-3-4-2;1-3(4)6-5-2;/h3*1,3-4H2,2H3;1-2H3;. The van der Waals surface area contributed by atoms with E-state index in [1.54, 1.807) is 13.3 Å². The molecule has 1 radical (unpaired) electrons. The summed E-state index contributed by atoms with van der Waals surface area (Å²) in [6.07, 6.45) is 8.85. The second-order valence-electron chi connectivity index (χ2n) is 4.80. The Bertz CT molecular complexity index is 167. The third-order valence-electron chi connectivity index (χ3n) is 2.85. The van der Waals surface area contributed by atoms with E-state index in [0.29, 0.717) is 0 Å². The molecule has 0 aromatic carbocycles. The van der Waals surface area contributed by atoms with Crippen LogP contribution in [0.4, 0.5) is 0 Å². The van der Waals surface area contributed by atoms with Gasteiger partial charge in [-0.2, -0.15) is 4.89 Å². The number of unbranched alkanes of at least 4 members (excludes halogenated alkanes) is 3. The summed E-state index contributed by atoms with van der Waals surface area (Å²) >= 11 is -0.839. The van der Waals surface area contributed by atoms with Crippen molar-refractivity contribution in [2.24, 2.45) is 0 Å². The normalized spacial score (nSPS) is 10.0. The summed E-state index contributed by atoms with van der Waals surface area (Å²) in [5.74, 6) is -0.433. The summed E-state index contributed by atoms with van der Waals surface area (Å²) in [5.41, 5.74) is 0. The van der Waals surface area contributed by atoms with Crippen LogP contribution in [0.3, 0.4) is 0 Å². The fourth-order valence-corrected chi connectivity index (χ4v) is 11.2. The second-order valence-corrected chi connectivity index (χ2v) is 13.4. The molecule has 0 atom stereocenters. The SMILES string of the molecule is CCC[CH2][Sn]([CH2]CCC)[CH2]CCC.COOC(C)=O. The number of hydrogen-bond donors (Lipinski definition) is 0. The molecule has 3 nitrogen and oxygen atoms in total. The molecule has 0 aliphatic heterocycles. The van der Waals surface area contributed by atoms with Crippen molar-refractivity contribution >= 4 is 25.7 Å². The van der Waals surface area contributed by atoms with Crippen LogP contribution in [0.2, 0.25) is 13.3 Å². The number of carbonyl (C=O) groups is 1. The van der Waals surface area contributed by atoms with Crippen LogP contribution in [0.1, 0.15) is 66.2 Å². The molecule has 19 heavy (non-hydrogen) atoms. The van der Waals surface area contributed by atoms with Crippen molar-refractivity contribution in [3.63, 3.8) is 0 Å². The molecule has 0 saturated carbocycles. The molecule has 0 saturated heterocycles. The van der Waals surface area contributed by atoms with Crippen LogP contribution >= 0.6 is 0 Å². The van der Waals surface area contributed by atoms with Gasteiger partial charge < -0.3 is 0 Å². The van der Waals surface area contributed by atoms with Gasteiger partial charge in [-0.05, 0) is 0 Å². The predicted molar refractivity (Wildman–Crippen MR) is 83.7 cm³/mol. The summed E-state index contributed by atoms with van der Waals surface area (Å²) in [7, 11) is 1.28. The fourth-order valence-electron chi connectivity index (χ4n) is 1.77. The van der Waals surface area contributed by atoms with Crippen molar-refractivity contribution in [2.45, 2.75) is 79.5 Å². The molecule has 0 unspecified atom stereocenters. The predicted octanol–water partition coefficient (Wildman–Crippen LogP) is 4.99. The molecule has 4 heteroatoms. The summed E-state index contributed by atoms with van der Waals surface area (Å²) in [5, 5.41) is 0. The van der Waals surface area contributed by atoms with Crippen LogP contribution in [-0.2, 0) is 14.6 Å². The molecule has 0 aromatic rings. The maximum absolute atomic E-state index is 9.70. The summed E-state index contributed by atoms with van der Waals surface area (Å²) < 4.78 is 5.04. The van der Waals surface area contributed by atoms with Gasteiger partial charge in [0.1, 0.15) is 0 Å². The third-order valence-corrected chi connectivity index (χ3v) is 11.9. The van der Waals surface area contributed by atoms with Crippen molar-refractivity contribution in [1.29, 1.82) is 0 Å². The Kier molecular flexibility index (Phi) is 20.7. The summed E-state index contributed by atoms with van der Waals surface area (Å²) in [4.78, 5) is 17.6. The van der Waals surface area contributed by atoms with Crippen LogP contribution in [0.15, 0.2) is 0 Å². The first kappa shape index (κ1) is 21.5. The first-order valence-corrected chi connectivity index (χ1v) is 13.7. The molecule has 0 bridgehead atoms. The van der Waals surface area contributed by atoms with E-state index in [1.807, 2.05) is 0 Å². The van der Waals surface area contributed by atoms with Crippen LogP contribution in [0.25, 0.3) is 0 Å². The Morgan fingerprint density at radius 3 is 1.42 bits per heavy atom. The van der Waals surface area contributed by atoms with E-state index < -0.39 is 25.7 Å². The first-order valence-electron chi connectivity index (χ1n) is 7.67. The zero-order valence-corrected chi connectivity index (χ0v) is 16.4. The molecule has 0 N–H and O–H groups in total. The second kappa shape index (κ2) is 18.2. The van der Waals surface area contributed by atoms with E-state index >= 15 is 0 Å². The molecule has 0 aliphatic carbocycles. The quantitative estimate of drug-likeness (QED) is 0.304. The molecule has 0 aliphatic rings. The average Bonchev–Trinajstić information content (AvgIpc) is 2.38. The monoisotopic (exact) mass is 381 g/mol. The first-order chi connectivity index (χ1) is 9.12. The van der Waals surface area contributed by atoms with Gasteiger partial charge in [-0.15, -0.1) is 0 Å². The van der Waals surface area contributed by atoms with E-state index in [1.165, 1.54) is 52.6 Å². The molecule has 0 rings (SSSR count). The Labute approximate surface area is 127 Å². The molecular formula is C15H33O3Sn. The van der Waals surface area contributed by atoms with Crippen molar-refractivity contribution in [1.82, 2.24) is 0 Å². The maximum atomic E-state index is 9.70. The number of carbonyl (C=O) groups excluding carboxylic acids is 1. The smallest absolute Gasteiger partial charge is 0.299 e. The Balaban J connectivity index is 0. The minimum Gasteiger partial charge on any atom is -0.299 e. The Hall–Kier alpha value is 0.229. The third kappa shape index (κ3) is 20.7. The van der Waals surface area contributed by atoms with Crippen molar-refractivity contribution in [3.05, 3.63) is 0 Å². The topological polar surface area (TPSA) is 35.5 Å². The van der Waals surface area contributed by atoms with Crippen LogP contribution in [0.5, 0.6) is 0 Å². The minimum absolute atomic E-state index is 0.433. The average molecular weight is 380 g/mol. The summed E-state index contributed by atoms with van der Waals surface area (Å²) in [6, 6.07) is 0. The molecule has 0 amide bonds. The Morgan fingerprint density at radius 1 is 0.895 bits per heavy atom. The van der Waals surface area contributed by atoms with Gasteiger partial charge in [0.25, 0.3) is 0 Å². The minimum atomic E-state index is -0.839. The van der Waals surface area contributed by atoms with E-state index in [2.05, 4.69) is 30.5 Å². The van der Waals surface area contributed by atoms with Crippen LogP contribution in [0, 0.1) is 0 Å². The van der Waals surface area contributed by atoms with Gasteiger partial charge in [-0.3, -0.25) is 4.89 Å². The van der Waals surface area contributed by atoms with Crippen molar-refractivity contribution < 1.29 is 14.6 Å². The van der Waals surface area contributed by atoms with Gasteiger partial charge in [0.15, 0.2) is 0 Å². The Morgan fingerprint density at radius 2 is 1.26 bits per heavy atom. The van der Waals surface area contributed by atoms with Crippen LogP contribution in [-0.4, -0.2) is 32.8 Å². The zero-order chi connectivity index (χ0) is 14.9. The van der Waals surface area contributed by atoms with Gasteiger partial charge in [0.2, 0.25) is 0 Å². The van der Waals surface area contributed by atoms with E-state index in [4.69, 9.17) is 0 Å². The largest absolute Gasteiger partial charge is 0.339 e. The van der Waals surface area contributed by atoms with Gasteiger partial charge in [-0.25, -0.2) is 4.79 Å². The number of hydrogen-bond acceptors (Lipinski definition) is 3. The van der Waals surface area contributed by atoms with Crippen molar-refractivity contribution in [2.75, 3.05) is 7.11 Å². The zero-order valence-electron chi connectivity index (χ0n) is 13.6. The van der Waals surface area contributed by atoms with E-state index in [-0.39, 0.29) is 0 Å². The molecule has 0 spiro atoms. The molecule has 0 aromatic heterocycles. The molecular weight excluding hydrogens is 347 g/mol.